The van der Waals surface area contributed by atoms with Gasteiger partial charge < -0.3 is 4.90 Å². The van der Waals surface area contributed by atoms with Gasteiger partial charge in [-0.3, -0.25) is 9.89 Å². The van der Waals surface area contributed by atoms with E-state index in [9.17, 15) is 4.79 Å². The first-order valence-corrected chi connectivity index (χ1v) is 9.73. The number of fused-ring (bicyclic) bond motifs is 2. The van der Waals surface area contributed by atoms with Crippen LogP contribution in [0.3, 0.4) is 0 Å². The number of nitrogens with zero attached hydrogens (tertiary/aromatic N) is 6. The number of aromatic amines is 1. The van der Waals surface area contributed by atoms with Gasteiger partial charge in [0.1, 0.15) is 5.69 Å². The number of H-pyrrole nitrogens is 1. The minimum Gasteiger partial charge on any atom is -0.325 e. The van der Waals surface area contributed by atoms with Crippen LogP contribution in [0, 0.1) is 5.92 Å². The molecule has 0 aliphatic carbocycles. The molecule has 1 amide bonds. The summed E-state index contributed by atoms with van der Waals surface area (Å²) in [6.07, 6.45) is 1.70. The summed E-state index contributed by atoms with van der Waals surface area (Å²) in [5, 5.41) is 12.4. The van der Waals surface area contributed by atoms with E-state index in [1.165, 1.54) is 0 Å². The van der Waals surface area contributed by atoms with Gasteiger partial charge in [0.25, 0.3) is 5.91 Å². The number of amides is 1. The van der Waals surface area contributed by atoms with Crippen molar-refractivity contribution in [3.05, 3.63) is 60.2 Å². The number of nitrogens with one attached hydrogen (secondary N) is 1. The molecule has 0 saturated carbocycles. The molecule has 5 rings (SSSR count). The summed E-state index contributed by atoms with van der Waals surface area (Å²) >= 11 is 0. The Labute approximate surface area is 167 Å². The van der Waals surface area contributed by atoms with Gasteiger partial charge in [-0.2, -0.15) is 10.2 Å². The third kappa shape index (κ3) is 2.97. The summed E-state index contributed by atoms with van der Waals surface area (Å²) in [6, 6.07) is 13.4. The maximum Gasteiger partial charge on any atom is 0.273 e. The van der Waals surface area contributed by atoms with Crippen LogP contribution in [0.25, 0.3) is 22.4 Å². The fourth-order valence-corrected chi connectivity index (χ4v) is 3.91. The lowest BCUT2D eigenvalue weighted by atomic mass is 9.99. The van der Waals surface area contributed by atoms with E-state index in [-0.39, 0.29) is 17.9 Å². The summed E-state index contributed by atoms with van der Waals surface area (Å²) in [5.74, 6) is 1.59. The van der Waals surface area contributed by atoms with Crippen molar-refractivity contribution in [1.29, 1.82) is 0 Å². The van der Waals surface area contributed by atoms with Gasteiger partial charge >= 0.3 is 0 Å². The maximum absolute atomic E-state index is 13.3. The lowest BCUT2D eigenvalue weighted by molar-refractivity contribution is 0.0531. The van der Waals surface area contributed by atoms with Crippen molar-refractivity contribution in [3.63, 3.8) is 0 Å². The standard InChI is InChI=1S/C21H21N7O/c1-13(2)17-20-24-19(14-6-4-3-5-7-14)26-28(20)11-10-27(17)21(29)16-9-8-15-12-22-25-18(15)23-16/h3-9,12-13,17H,10-11H2,1-2H3,(H,22,23,25)/t17-/m0/s1. The van der Waals surface area contributed by atoms with Crippen molar-refractivity contribution in [2.45, 2.75) is 26.4 Å². The molecule has 0 bridgehead atoms. The second kappa shape index (κ2) is 6.80. The first-order valence-electron chi connectivity index (χ1n) is 9.73. The topological polar surface area (TPSA) is 92.6 Å². The van der Waals surface area contributed by atoms with Gasteiger partial charge in [0.05, 0.1) is 18.8 Å². The Hall–Kier alpha value is -3.55. The predicted octanol–water partition coefficient (Wildman–Crippen LogP) is 3.07. The molecule has 8 nitrogen and oxygen atoms in total. The molecule has 3 aromatic heterocycles. The zero-order valence-electron chi connectivity index (χ0n) is 16.3. The van der Waals surface area contributed by atoms with Gasteiger partial charge in [-0.15, -0.1) is 0 Å². The summed E-state index contributed by atoms with van der Waals surface area (Å²) < 4.78 is 1.93. The van der Waals surface area contributed by atoms with Crippen molar-refractivity contribution in [1.82, 2.24) is 34.8 Å². The highest BCUT2D eigenvalue weighted by atomic mass is 16.2. The molecule has 0 unspecified atom stereocenters. The maximum atomic E-state index is 13.3. The van der Waals surface area contributed by atoms with Crippen LogP contribution in [0.15, 0.2) is 48.7 Å². The normalized spacial score (nSPS) is 16.4. The average molecular weight is 387 g/mol. The van der Waals surface area contributed by atoms with Gasteiger partial charge in [0.2, 0.25) is 0 Å². The third-order valence-electron chi connectivity index (χ3n) is 5.30. The summed E-state index contributed by atoms with van der Waals surface area (Å²) in [6.45, 7) is 5.37. The molecule has 0 fully saturated rings. The number of benzene rings is 1. The number of hydrogen-bond acceptors (Lipinski definition) is 5. The molecule has 1 aliphatic rings. The first kappa shape index (κ1) is 17.5. The third-order valence-corrected chi connectivity index (χ3v) is 5.30. The zero-order chi connectivity index (χ0) is 20.0. The molecule has 8 heteroatoms. The fraction of sp³-hybridized carbons (Fsp3) is 0.286. The number of carbonyl (C=O) groups excluding carboxylic acids is 1. The highest BCUT2D eigenvalue weighted by Gasteiger charge is 2.36. The Morgan fingerprint density at radius 1 is 1.10 bits per heavy atom. The largest absolute Gasteiger partial charge is 0.325 e. The SMILES string of the molecule is CC(C)[C@H]1c2nc(-c3ccccc3)nn2CCN1C(=O)c1ccc2cn[nH]c2n1. The van der Waals surface area contributed by atoms with E-state index in [2.05, 4.69) is 29.0 Å². The molecule has 4 aromatic rings. The highest BCUT2D eigenvalue weighted by Crippen LogP contribution is 2.33. The van der Waals surface area contributed by atoms with Crippen LogP contribution < -0.4 is 0 Å². The monoisotopic (exact) mass is 387 g/mol. The Morgan fingerprint density at radius 2 is 1.93 bits per heavy atom. The van der Waals surface area contributed by atoms with Crippen LogP contribution in [-0.2, 0) is 6.54 Å². The van der Waals surface area contributed by atoms with Gasteiger partial charge in [-0.25, -0.2) is 14.6 Å². The number of pyridine rings is 1. The molecule has 0 radical (unpaired) electrons. The Balaban J connectivity index is 1.52. The van der Waals surface area contributed by atoms with E-state index in [0.717, 1.165) is 16.8 Å². The molecule has 4 heterocycles. The molecule has 1 aromatic carbocycles. The van der Waals surface area contributed by atoms with Crippen LogP contribution in [-0.4, -0.2) is 47.3 Å². The van der Waals surface area contributed by atoms with Gasteiger partial charge in [0, 0.05) is 17.5 Å². The predicted molar refractivity (Wildman–Crippen MR) is 108 cm³/mol. The van der Waals surface area contributed by atoms with E-state index in [4.69, 9.17) is 10.1 Å². The quantitative estimate of drug-likeness (QED) is 0.583. The molecule has 1 N–H and O–H groups in total. The van der Waals surface area contributed by atoms with Crippen molar-refractivity contribution < 1.29 is 4.79 Å². The lowest BCUT2D eigenvalue weighted by Gasteiger charge is -2.37. The Kier molecular flexibility index (Phi) is 4.12. The highest BCUT2D eigenvalue weighted by molar-refractivity contribution is 5.94. The minimum atomic E-state index is -0.166. The Morgan fingerprint density at radius 3 is 2.72 bits per heavy atom. The van der Waals surface area contributed by atoms with Crippen molar-refractivity contribution >= 4 is 16.9 Å². The van der Waals surface area contributed by atoms with E-state index in [1.807, 2.05) is 46.0 Å². The number of aromatic nitrogens is 6. The molecule has 1 atom stereocenters. The van der Waals surface area contributed by atoms with E-state index < -0.39 is 0 Å². The van der Waals surface area contributed by atoms with Crippen LogP contribution >= 0.6 is 0 Å². The second-order valence-corrected chi connectivity index (χ2v) is 7.57. The molecule has 1 aliphatic heterocycles. The molecular weight excluding hydrogens is 366 g/mol. The van der Waals surface area contributed by atoms with Crippen LogP contribution in [0.2, 0.25) is 0 Å². The molecule has 0 saturated heterocycles. The number of hydrogen-bond donors (Lipinski definition) is 1. The van der Waals surface area contributed by atoms with Gasteiger partial charge in [-0.05, 0) is 18.1 Å². The molecule has 0 spiro atoms. The zero-order valence-corrected chi connectivity index (χ0v) is 16.3. The van der Waals surface area contributed by atoms with E-state index in [1.54, 1.807) is 12.3 Å². The second-order valence-electron chi connectivity index (χ2n) is 7.57. The van der Waals surface area contributed by atoms with E-state index in [0.29, 0.717) is 30.3 Å². The summed E-state index contributed by atoms with van der Waals surface area (Å²) in [5.41, 5.74) is 1.99. The fourth-order valence-electron chi connectivity index (χ4n) is 3.91. The first-order chi connectivity index (χ1) is 14.1. The number of carbonyl (C=O) groups is 1. The molecule has 29 heavy (non-hydrogen) atoms. The van der Waals surface area contributed by atoms with Crippen molar-refractivity contribution in [2.24, 2.45) is 5.92 Å². The van der Waals surface area contributed by atoms with Crippen LogP contribution in [0.4, 0.5) is 0 Å². The van der Waals surface area contributed by atoms with Crippen molar-refractivity contribution in [2.75, 3.05) is 6.54 Å². The molecular formula is C21H21N7O. The van der Waals surface area contributed by atoms with Crippen LogP contribution in [0.5, 0.6) is 0 Å². The summed E-state index contributed by atoms with van der Waals surface area (Å²) in [4.78, 5) is 24.5. The lowest BCUT2D eigenvalue weighted by Crippen LogP contribution is -2.44. The van der Waals surface area contributed by atoms with Crippen LogP contribution in [0.1, 0.15) is 36.2 Å². The van der Waals surface area contributed by atoms with E-state index >= 15 is 0 Å². The van der Waals surface area contributed by atoms with Crippen molar-refractivity contribution in [3.8, 4) is 11.4 Å². The molecule has 146 valence electrons. The smallest absolute Gasteiger partial charge is 0.273 e. The average Bonchev–Trinajstić information content (AvgIpc) is 3.39. The van der Waals surface area contributed by atoms with Gasteiger partial charge in [0.15, 0.2) is 17.3 Å². The number of rotatable bonds is 3. The Bertz CT molecular complexity index is 1180. The summed E-state index contributed by atoms with van der Waals surface area (Å²) in [7, 11) is 0. The van der Waals surface area contributed by atoms with Gasteiger partial charge in [-0.1, -0.05) is 44.2 Å². The minimum absolute atomic E-state index is 0.101.